The minimum absolute atomic E-state index is 0.106. The Morgan fingerprint density at radius 1 is 1.30 bits per heavy atom. The van der Waals surface area contributed by atoms with Gasteiger partial charge in [0, 0.05) is 13.0 Å². The Morgan fingerprint density at radius 3 is 2.80 bits per heavy atom. The zero-order chi connectivity index (χ0) is 14.2. The monoisotopic (exact) mass is 279 g/mol. The number of nitrogens with one attached hydrogen (secondary N) is 1. The predicted molar refractivity (Wildman–Crippen MR) is 73.2 cm³/mol. The number of amides is 1. The zero-order valence-corrected chi connectivity index (χ0v) is 11.6. The molecule has 1 aliphatic rings. The van der Waals surface area contributed by atoms with Gasteiger partial charge in [-0.05, 0) is 44.2 Å². The summed E-state index contributed by atoms with van der Waals surface area (Å²) in [6.45, 7) is 0.444. The van der Waals surface area contributed by atoms with Gasteiger partial charge in [-0.15, -0.1) is 0 Å². The van der Waals surface area contributed by atoms with Gasteiger partial charge in [-0.1, -0.05) is 6.42 Å². The number of carbonyl (C=O) groups is 2. The number of esters is 1. The second-order valence-electron chi connectivity index (χ2n) is 5.09. The van der Waals surface area contributed by atoms with Gasteiger partial charge in [-0.25, -0.2) is 0 Å². The second kappa shape index (κ2) is 7.72. The summed E-state index contributed by atoms with van der Waals surface area (Å²) in [6.07, 6.45) is 8.00. The summed E-state index contributed by atoms with van der Waals surface area (Å²) in [7, 11) is 0. The Morgan fingerprint density at radius 2 is 2.10 bits per heavy atom. The molecule has 0 aliphatic heterocycles. The van der Waals surface area contributed by atoms with Gasteiger partial charge in [0.15, 0.2) is 5.76 Å². The molecule has 0 radical (unpaired) electrons. The summed E-state index contributed by atoms with van der Waals surface area (Å²) in [5, 5.41) is 2.70. The highest BCUT2D eigenvalue weighted by molar-refractivity contribution is 5.91. The van der Waals surface area contributed by atoms with E-state index in [2.05, 4.69) is 5.32 Å². The number of hydrogen-bond donors (Lipinski definition) is 1. The summed E-state index contributed by atoms with van der Waals surface area (Å²) < 4.78 is 10.4. The maximum Gasteiger partial charge on any atom is 0.306 e. The molecule has 0 spiro atoms. The molecule has 0 aromatic carbocycles. The molecule has 110 valence electrons. The van der Waals surface area contributed by atoms with Crippen LogP contribution in [0.15, 0.2) is 22.8 Å². The SMILES string of the molecule is O=C(CCCNC(=O)c1ccco1)OC1CCCCC1. The van der Waals surface area contributed by atoms with Crippen LogP contribution in [0, 0.1) is 0 Å². The molecule has 5 heteroatoms. The quantitative estimate of drug-likeness (QED) is 0.642. The van der Waals surface area contributed by atoms with E-state index in [1.165, 1.54) is 12.7 Å². The van der Waals surface area contributed by atoms with Crippen LogP contribution in [0.4, 0.5) is 0 Å². The molecule has 0 saturated heterocycles. The van der Waals surface area contributed by atoms with Crippen LogP contribution in [0.25, 0.3) is 0 Å². The van der Waals surface area contributed by atoms with E-state index >= 15 is 0 Å². The molecule has 1 N–H and O–H groups in total. The molecule has 1 saturated carbocycles. The third-order valence-corrected chi connectivity index (χ3v) is 3.44. The van der Waals surface area contributed by atoms with Crippen molar-refractivity contribution in [1.82, 2.24) is 5.32 Å². The van der Waals surface area contributed by atoms with Gasteiger partial charge in [0.1, 0.15) is 6.10 Å². The van der Waals surface area contributed by atoms with E-state index < -0.39 is 0 Å². The molecular formula is C15H21NO4. The standard InChI is InChI=1S/C15H21NO4/c17-14(20-12-6-2-1-3-7-12)9-4-10-16-15(18)13-8-5-11-19-13/h5,8,11-12H,1-4,6-7,9-10H2,(H,16,18). The van der Waals surface area contributed by atoms with E-state index in [1.54, 1.807) is 12.1 Å². The average molecular weight is 279 g/mol. The Balaban J connectivity index is 1.56. The minimum atomic E-state index is -0.254. The Bertz CT molecular complexity index is 421. The number of rotatable bonds is 6. The lowest BCUT2D eigenvalue weighted by Gasteiger charge is -2.21. The first-order valence-electron chi connectivity index (χ1n) is 7.27. The van der Waals surface area contributed by atoms with Crippen molar-refractivity contribution in [2.75, 3.05) is 6.54 Å². The van der Waals surface area contributed by atoms with E-state index in [-0.39, 0.29) is 23.7 Å². The lowest BCUT2D eigenvalue weighted by Crippen LogP contribution is -2.25. The summed E-state index contributed by atoms with van der Waals surface area (Å²) in [6, 6.07) is 3.27. The molecule has 0 atom stereocenters. The number of furan rings is 1. The highest BCUT2D eigenvalue weighted by Crippen LogP contribution is 2.20. The highest BCUT2D eigenvalue weighted by atomic mass is 16.5. The molecule has 1 amide bonds. The number of carbonyl (C=O) groups excluding carboxylic acids is 2. The van der Waals surface area contributed by atoms with Crippen LogP contribution in [-0.4, -0.2) is 24.5 Å². The first-order chi connectivity index (χ1) is 9.75. The van der Waals surface area contributed by atoms with E-state index in [9.17, 15) is 9.59 Å². The van der Waals surface area contributed by atoms with Gasteiger partial charge >= 0.3 is 5.97 Å². The second-order valence-corrected chi connectivity index (χ2v) is 5.09. The fourth-order valence-electron chi connectivity index (χ4n) is 2.36. The molecule has 1 heterocycles. The van der Waals surface area contributed by atoms with E-state index in [1.807, 2.05) is 0 Å². The maximum absolute atomic E-state index is 11.6. The fourth-order valence-corrected chi connectivity index (χ4v) is 2.36. The van der Waals surface area contributed by atoms with Gasteiger partial charge in [0.05, 0.1) is 6.26 Å². The van der Waals surface area contributed by atoms with E-state index in [0.717, 1.165) is 25.7 Å². The van der Waals surface area contributed by atoms with Gasteiger partial charge in [0.2, 0.25) is 0 Å². The van der Waals surface area contributed by atoms with Crippen LogP contribution in [0.3, 0.4) is 0 Å². The number of hydrogen-bond acceptors (Lipinski definition) is 4. The molecule has 1 aliphatic carbocycles. The van der Waals surface area contributed by atoms with Crippen molar-refractivity contribution in [2.24, 2.45) is 0 Å². The topological polar surface area (TPSA) is 68.5 Å². The van der Waals surface area contributed by atoms with Crippen molar-refractivity contribution in [3.8, 4) is 0 Å². The van der Waals surface area contributed by atoms with Crippen LogP contribution >= 0.6 is 0 Å². The van der Waals surface area contributed by atoms with E-state index in [4.69, 9.17) is 9.15 Å². The summed E-state index contributed by atoms with van der Waals surface area (Å²) in [5.74, 6) is -0.130. The molecule has 1 aromatic heterocycles. The first kappa shape index (κ1) is 14.6. The molecule has 0 unspecified atom stereocenters. The zero-order valence-electron chi connectivity index (χ0n) is 11.6. The van der Waals surface area contributed by atoms with Crippen molar-refractivity contribution >= 4 is 11.9 Å². The largest absolute Gasteiger partial charge is 0.462 e. The highest BCUT2D eigenvalue weighted by Gasteiger charge is 2.17. The van der Waals surface area contributed by atoms with Gasteiger partial charge in [-0.2, -0.15) is 0 Å². The Labute approximate surface area is 118 Å². The summed E-state index contributed by atoms with van der Waals surface area (Å²) in [5.41, 5.74) is 0. The molecule has 0 bridgehead atoms. The van der Waals surface area contributed by atoms with Crippen LogP contribution < -0.4 is 5.32 Å². The Hall–Kier alpha value is -1.78. The molecular weight excluding hydrogens is 258 g/mol. The van der Waals surface area contributed by atoms with Crippen LogP contribution in [0.1, 0.15) is 55.5 Å². The molecule has 1 aromatic rings. The lowest BCUT2D eigenvalue weighted by molar-refractivity contribution is -0.150. The summed E-state index contributed by atoms with van der Waals surface area (Å²) in [4.78, 5) is 23.2. The van der Waals surface area contributed by atoms with Crippen molar-refractivity contribution in [3.63, 3.8) is 0 Å². The molecule has 2 rings (SSSR count). The number of ether oxygens (including phenoxy) is 1. The van der Waals surface area contributed by atoms with Gasteiger partial charge in [-0.3, -0.25) is 9.59 Å². The van der Waals surface area contributed by atoms with Crippen molar-refractivity contribution in [3.05, 3.63) is 24.2 Å². The lowest BCUT2D eigenvalue weighted by atomic mass is 9.98. The normalized spacial score (nSPS) is 15.8. The average Bonchev–Trinajstić information content (AvgIpc) is 2.99. The minimum Gasteiger partial charge on any atom is -0.462 e. The van der Waals surface area contributed by atoms with Crippen LogP contribution in [0.2, 0.25) is 0 Å². The van der Waals surface area contributed by atoms with Crippen molar-refractivity contribution < 1.29 is 18.7 Å². The summed E-state index contributed by atoms with van der Waals surface area (Å²) >= 11 is 0. The predicted octanol–water partition coefficient (Wildman–Crippen LogP) is 2.67. The molecule has 5 nitrogen and oxygen atoms in total. The van der Waals surface area contributed by atoms with Gasteiger partial charge in [0.25, 0.3) is 5.91 Å². The van der Waals surface area contributed by atoms with Crippen molar-refractivity contribution in [1.29, 1.82) is 0 Å². The van der Waals surface area contributed by atoms with Crippen LogP contribution in [0.5, 0.6) is 0 Å². The van der Waals surface area contributed by atoms with Crippen molar-refractivity contribution in [2.45, 2.75) is 51.0 Å². The smallest absolute Gasteiger partial charge is 0.306 e. The van der Waals surface area contributed by atoms with Crippen LogP contribution in [-0.2, 0) is 9.53 Å². The van der Waals surface area contributed by atoms with E-state index in [0.29, 0.717) is 19.4 Å². The molecule has 1 fully saturated rings. The first-order valence-corrected chi connectivity index (χ1v) is 7.27. The maximum atomic E-state index is 11.6. The van der Waals surface area contributed by atoms with Gasteiger partial charge < -0.3 is 14.5 Å². The Kier molecular flexibility index (Phi) is 5.65. The third-order valence-electron chi connectivity index (χ3n) is 3.44. The third kappa shape index (κ3) is 4.72. The molecule has 20 heavy (non-hydrogen) atoms. The fraction of sp³-hybridized carbons (Fsp3) is 0.600.